The number of sulfone groups is 1. The molecule has 2 rings (SSSR count). The Kier molecular flexibility index (Phi) is 3.40. The minimum atomic E-state index is -3.59. The number of rotatable bonds is 3. The van der Waals surface area contributed by atoms with E-state index in [1.807, 2.05) is 30.3 Å². The van der Waals surface area contributed by atoms with Crippen LogP contribution in [-0.4, -0.2) is 25.7 Å². The summed E-state index contributed by atoms with van der Waals surface area (Å²) in [5, 5.41) is 9.03. The van der Waals surface area contributed by atoms with Gasteiger partial charge in [0.05, 0.1) is 10.5 Å². The number of carboxylic acid groups (broad SMARTS) is 1. The third kappa shape index (κ3) is 2.82. The zero-order chi connectivity index (χ0) is 14.0. The molecule has 2 aromatic rings. The molecule has 0 amide bonds. The van der Waals surface area contributed by atoms with E-state index in [4.69, 9.17) is 5.11 Å². The summed E-state index contributed by atoms with van der Waals surface area (Å²) in [4.78, 5) is 10.9. The maximum Gasteiger partial charge on any atom is 0.337 e. The highest BCUT2D eigenvalue weighted by Crippen LogP contribution is 2.25. The Morgan fingerprint density at radius 2 is 1.63 bits per heavy atom. The van der Waals surface area contributed by atoms with Crippen LogP contribution in [0.3, 0.4) is 0 Å². The van der Waals surface area contributed by atoms with Gasteiger partial charge >= 0.3 is 5.97 Å². The van der Waals surface area contributed by atoms with Crippen LogP contribution in [0.25, 0.3) is 11.1 Å². The molecule has 19 heavy (non-hydrogen) atoms. The van der Waals surface area contributed by atoms with Crippen molar-refractivity contribution in [2.45, 2.75) is 4.90 Å². The molecule has 0 saturated carbocycles. The van der Waals surface area contributed by atoms with Crippen molar-refractivity contribution in [3.05, 3.63) is 54.1 Å². The van der Waals surface area contributed by atoms with Crippen LogP contribution in [0.4, 0.5) is 0 Å². The maximum atomic E-state index is 11.7. The first-order valence-corrected chi connectivity index (χ1v) is 7.41. The van der Waals surface area contributed by atoms with E-state index < -0.39 is 15.8 Å². The number of benzene rings is 2. The largest absolute Gasteiger partial charge is 0.478 e. The number of hydrogen-bond donors (Lipinski definition) is 1. The second kappa shape index (κ2) is 4.85. The molecule has 0 aliphatic carbocycles. The van der Waals surface area contributed by atoms with Crippen molar-refractivity contribution in [1.29, 1.82) is 0 Å². The molecule has 0 radical (unpaired) electrons. The van der Waals surface area contributed by atoms with Crippen LogP contribution in [0, 0.1) is 0 Å². The molecule has 5 heteroatoms. The van der Waals surface area contributed by atoms with E-state index in [1.165, 1.54) is 12.1 Å². The smallest absolute Gasteiger partial charge is 0.337 e. The summed E-state index contributed by atoms with van der Waals surface area (Å²) in [6.07, 6.45) is 1.00. The number of carbonyl (C=O) groups is 1. The highest BCUT2D eigenvalue weighted by molar-refractivity contribution is 7.90. The van der Waals surface area contributed by atoms with E-state index in [2.05, 4.69) is 0 Å². The van der Waals surface area contributed by atoms with Gasteiger partial charge < -0.3 is 5.11 Å². The average molecular weight is 276 g/mol. The van der Waals surface area contributed by atoms with Gasteiger partial charge in [0.2, 0.25) is 0 Å². The van der Waals surface area contributed by atoms with Gasteiger partial charge in [-0.3, -0.25) is 0 Å². The predicted molar refractivity (Wildman–Crippen MR) is 71.9 cm³/mol. The Balaban J connectivity index is 2.67. The molecule has 98 valence electrons. The number of carboxylic acids is 1. The topological polar surface area (TPSA) is 71.4 Å². The van der Waals surface area contributed by atoms with Crippen molar-refractivity contribution in [1.82, 2.24) is 0 Å². The Bertz CT molecular complexity index is 718. The average Bonchev–Trinajstić information content (AvgIpc) is 2.38. The molecule has 0 spiro atoms. The van der Waals surface area contributed by atoms with Gasteiger partial charge in [0.1, 0.15) is 0 Å². The molecule has 0 aromatic heterocycles. The van der Waals surface area contributed by atoms with E-state index in [0.717, 1.165) is 11.8 Å². The van der Waals surface area contributed by atoms with Crippen LogP contribution in [0.1, 0.15) is 10.4 Å². The second-order valence-corrected chi connectivity index (χ2v) is 6.14. The van der Waals surface area contributed by atoms with Gasteiger partial charge in [-0.15, -0.1) is 0 Å². The van der Waals surface area contributed by atoms with E-state index in [-0.39, 0.29) is 10.5 Å². The van der Waals surface area contributed by atoms with Crippen LogP contribution >= 0.6 is 0 Å². The fourth-order valence-electron chi connectivity index (χ4n) is 1.82. The highest BCUT2D eigenvalue weighted by atomic mass is 32.2. The SMILES string of the molecule is CS(=O)(=O)c1cc(-c2ccccc2)ccc1C(=O)O. The Hall–Kier alpha value is -2.14. The molecule has 4 nitrogen and oxygen atoms in total. The van der Waals surface area contributed by atoms with E-state index in [9.17, 15) is 13.2 Å². The van der Waals surface area contributed by atoms with Gasteiger partial charge in [0, 0.05) is 6.26 Å². The van der Waals surface area contributed by atoms with Crippen molar-refractivity contribution in [2.75, 3.05) is 6.26 Å². The molecule has 1 N–H and O–H groups in total. The molecular formula is C14H12O4S. The Labute approximate surface area is 111 Å². The Morgan fingerprint density at radius 3 is 2.16 bits per heavy atom. The van der Waals surface area contributed by atoms with E-state index in [0.29, 0.717) is 5.56 Å². The van der Waals surface area contributed by atoms with Crippen LogP contribution in [0.5, 0.6) is 0 Å². The minimum Gasteiger partial charge on any atom is -0.478 e. The zero-order valence-corrected chi connectivity index (χ0v) is 11.0. The van der Waals surface area contributed by atoms with Crippen molar-refractivity contribution in [3.63, 3.8) is 0 Å². The third-order valence-corrected chi connectivity index (χ3v) is 3.86. The number of hydrogen-bond acceptors (Lipinski definition) is 3. The molecular weight excluding hydrogens is 264 g/mol. The molecule has 2 aromatic carbocycles. The lowest BCUT2D eigenvalue weighted by Crippen LogP contribution is -2.07. The van der Waals surface area contributed by atoms with E-state index >= 15 is 0 Å². The van der Waals surface area contributed by atoms with Crippen LogP contribution < -0.4 is 0 Å². The molecule has 0 unspecified atom stereocenters. The van der Waals surface area contributed by atoms with Crippen LogP contribution in [0.2, 0.25) is 0 Å². The first-order valence-electron chi connectivity index (χ1n) is 5.52. The summed E-state index contributed by atoms with van der Waals surface area (Å²) < 4.78 is 23.4. The van der Waals surface area contributed by atoms with Crippen molar-refractivity contribution >= 4 is 15.8 Å². The van der Waals surface area contributed by atoms with Crippen molar-refractivity contribution in [2.24, 2.45) is 0 Å². The normalized spacial score (nSPS) is 11.2. The first kappa shape index (κ1) is 13.3. The monoisotopic (exact) mass is 276 g/mol. The molecule has 0 aliphatic rings. The van der Waals surface area contributed by atoms with Gasteiger partial charge in [-0.05, 0) is 23.3 Å². The van der Waals surface area contributed by atoms with Gasteiger partial charge in [0.25, 0.3) is 0 Å². The van der Waals surface area contributed by atoms with Gasteiger partial charge in [-0.1, -0.05) is 36.4 Å². The van der Waals surface area contributed by atoms with Gasteiger partial charge in [0.15, 0.2) is 9.84 Å². The predicted octanol–water partition coefficient (Wildman–Crippen LogP) is 2.46. The summed E-state index contributed by atoms with van der Waals surface area (Å²) in [5.74, 6) is -1.25. The third-order valence-electron chi connectivity index (χ3n) is 2.72. The summed E-state index contributed by atoms with van der Waals surface area (Å²) in [5.41, 5.74) is 1.30. The lowest BCUT2D eigenvalue weighted by Gasteiger charge is -2.07. The summed E-state index contributed by atoms with van der Waals surface area (Å²) in [7, 11) is -3.59. The first-order chi connectivity index (χ1) is 8.89. The van der Waals surface area contributed by atoms with Crippen LogP contribution in [-0.2, 0) is 9.84 Å². The lowest BCUT2D eigenvalue weighted by atomic mass is 10.0. The fraction of sp³-hybridized carbons (Fsp3) is 0.0714. The zero-order valence-electron chi connectivity index (χ0n) is 10.2. The molecule has 0 fully saturated rings. The molecule has 0 aliphatic heterocycles. The second-order valence-electron chi connectivity index (χ2n) is 4.15. The standard InChI is InChI=1S/C14H12O4S/c1-19(17,18)13-9-11(7-8-12(13)14(15)16)10-5-3-2-4-6-10/h2-9H,1H3,(H,15,16). The molecule has 0 heterocycles. The summed E-state index contributed by atoms with van der Waals surface area (Å²) >= 11 is 0. The molecule has 0 bridgehead atoms. The summed E-state index contributed by atoms with van der Waals surface area (Å²) in [6.45, 7) is 0. The number of aromatic carboxylic acids is 1. The Morgan fingerprint density at radius 1 is 1.00 bits per heavy atom. The summed E-state index contributed by atoms with van der Waals surface area (Å²) in [6, 6.07) is 13.5. The maximum absolute atomic E-state index is 11.7. The molecule has 0 saturated heterocycles. The quantitative estimate of drug-likeness (QED) is 0.934. The van der Waals surface area contributed by atoms with Gasteiger partial charge in [-0.25, -0.2) is 13.2 Å². The van der Waals surface area contributed by atoms with E-state index in [1.54, 1.807) is 6.07 Å². The van der Waals surface area contributed by atoms with Crippen LogP contribution in [0.15, 0.2) is 53.4 Å². The van der Waals surface area contributed by atoms with Crippen molar-refractivity contribution < 1.29 is 18.3 Å². The fourth-order valence-corrected chi connectivity index (χ4v) is 2.71. The van der Waals surface area contributed by atoms with Gasteiger partial charge in [-0.2, -0.15) is 0 Å². The molecule has 0 atom stereocenters. The minimum absolute atomic E-state index is 0.165. The van der Waals surface area contributed by atoms with Crippen molar-refractivity contribution in [3.8, 4) is 11.1 Å². The highest BCUT2D eigenvalue weighted by Gasteiger charge is 2.19. The lowest BCUT2D eigenvalue weighted by molar-refractivity contribution is 0.0692.